The van der Waals surface area contributed by atoms with Gasteiger partial charge in [-0.15, -0.1) is 0 Å². The van der Waals surface area contributed by atoms with Gasteiger partial charge in [0.2, 0.25) is 12.2 Å². The molecule has 13 heteroatoms. The van der Waals surface area contributed by atoms with Crippen LogP contribution in [0.4, 0.5) is 0 Å². The molecule has 0 fully saturated rings. The van der Waals surface area contributed by atoms with Gasteiger partial charge in [0.1, 0.15) is 11.5 Å². The zero-order valence-electron chi connectivity index (χ0n) is 21.1. The number of carboxylic acid groups (broad SMARTS) is 1. The van der Waals surface area contributed by atoms with Gasteiger partial charge in [-0.05, 0) is 60.7 Å². The number of hydrogen-bond acceptors (Lipinski definition) is 9. The van der Waals surface area contributed by atoms with Crippen molar-refractivity contribution in [1.29, 1.82) is 0 Å². The first-order valence-corrected chi connectivity index (χ1v) is 12.2. The maximum absolute atomic E-state index is 13.1. The van der Waals surface area contributed by atoms with Gasteiger partial charge in [0.25, 0.3) is 11.8 Å². The Hall–Kier alpha value is -4.91. The van der Waals surface area contributed by atoms with Crippen LogP contribution in [0.25, 0.3) is 0 Å². The summed E-state index contributed by atoms with van der Waals surface area (Å²) in [5.74, 6) is -5.52. The molecule has 0 heterocycles. The first-order valence-electron chi connectivity index (χ1n) is 11.4. The van der Waals surface area contributed by atoms with Crippen molar-refractivity contribution in [1.82, 2.24) is 10.9 Å². The number of hydrazine groups is 1. The molecule has 0 spiro atoms. The van der Waals surface area contributed by atoms with Crippen molar-refractivity contribution in [3.05, 3.63) is 94.0 Å². The lowest BCUT2D eigenvalue weighted by molar-refractivity contribution is -0.159. The minimum absolute atomic E-state index is 0.0840. The zero-order chi connectivity index (χ0) is 29.2. The summed E-state index contributed by atoms with van der Waals surface area (Å²) in [6, 6.07) is 17.4. The second-order valence-corrected chi connectivity index (χ2v) is 8.82. The third-order valence-corrected chi connectivity index (χ3v) is 5.79. The Morgan fingerprint density at radius 2 is 1.20 bits per heavy atom. The molecule has 0 aliphatic rings. The fourth-order valence-electron chi connectivity index (χ4n) is 3.22. The van der Waals surface area contributed by atoms with E-state index in [0.29, 0.717) is 4.47 Å². The summed E-state index contributed by atoms with van der Waals surface area (Å²) in [7, 11) is 2.73. The van der Waals surface area contributed by atoms with Crippen LogP contribution in [0.1, 0.15) is 31.1 Å². The summed E-state index contributed by atoms with van der Waals surface area (Å²) in [4.78, 5) is 63.3. The number of carboxylic acids is 1. The van der Waals surface area contributed by atoms with Crippen LogP contribution in [0, 0.1) is 0 Å². The van der Waals surface area contributed by atoms with Gasteiger partial charge in [0.15, 0.2) is 0 Å². The second-order valence-electron chi connectivity index (χ2n) is 7.90. The van der Waals surface area contributed by atoms with Gasteiger partial charge in [-0.25, -0.2) is 14.4 Å². The topological polar surface area (TPSA) is 167 Å². The summed E-state index contributed by atoms with van der Waals surface area (Å²) >= 11 is 3.24. The standard InChI is InChI=1S/C27H23BrN2O10/c1-37-19-7-3-5-16(13-19)26(35)39-21(24(32)30-29-23(31)15-9-11-18(28)12-10-15)22(25(33)34)40-27(36)17-6-4-8-20(14-17)38-2/h3-14,21-22H,1-2H3,(H,29,31)(H,30,32)(H,33,34)/t21-,22-/m1/s1. The lowest BCUT2D eigenvalue weighted by atomic mass is 10.1. The predicted molar refractivity (Wildman–Crippen MR) is 142 cm³/mol. The van der Waals surface area contributed by atoms with Crippen LogP contribution < -0.4 is 20.3 Å². The highest BCUT2D eigenvalue weighted by Crippen LogP contribution is 2.18. The van der Waals surface area contributed by atoms with Crippen molar-refractivity contribution >= 4 is 45.7 Å². The van der Waals surface area contributed by atoms with Gasteiger partial charge >= 0.3 is 17.9 Å². The molecule has 0 bridgehead atoms. The maximum Gasteiger partial charge on any atom is 0.349 e. The van der Waals surface area contributed by atoms with E-state index in [1.807, 2.05) is 5.43 Å². The molecule has 0 radical (unpaired) electrons. The van der Waals surface area contributed by atoms with E-state index in [2.05, 4.69) is 21.4 Å². The third kappa shape index (κ3) is 7.80. The normalized spacial score (nSPS) is 11.8. The Morgan fingerprint density at radius 3 is 1.68 bits per heavy atom. The minimum atomic E-state index is -2.31. The number of amides is 2. The molecular weight excluding hydrogens is 592 g/mol. The molecule has 2 atom stereocenters. The molecule has 0 unspecified atom stereocenters. The summed E-state index contributed by atoms with van der Waals surface area (Å²) in [6.07, 6.45) is -4.53. The smallest absolute Gasteiger partial charge is 0.349 e. The molecule has 12 nitrogen and oxygen atoms in total. The van der Waals surface area contributed by atoms with E-state index in [1.54, 1.807) is 24.3 Å². The molecule has 0 saturated heterocycles. The summed E-state index contributed by atoms with van der Waals surface area (Å²) in [5, 5.41) is 9.85. The second kappa shape index (κ2) is 13.8. The highest BCUT2D eigenvalue weighted by molar-refractivity contribution is 9.10. The summed E-state index contributed by atoms with van der Waals surface area (Å²) in [5.41, 5.74) is 4.11. The Bertz CT molecular complexity index is 1410. The maximum atomic E-state index is 13.1. The molecule has 40 heavy (non-hydrogen) atoms. The Labute approximate surface area is 236 Å². The fourth-order valence-corrected chi connectivity index (χ4v) is 3.49. The van der Waals surface area contributed by atoms with Crippen molar-refractivity contribution in [2.45, 2.75) is 12.2 Å². The highest BCUT2D eigenvalue weighted by Gasteiger charge is 2.41. The Balaban J connectivity index is 1.87. The molecule has 0 aliphatic carbocycles. The first kappa shape index (κ1) is 29.6. The monoisotopic (exact) mass is 614 g/mol. The van der Waals surface area contributed by atoms with Crippen LogP contribution in [-0.4, -0.2) is 61.3 Å². The Morgan fingerprint density at radius 1 is 0.700 bits per heavy atom. The van der Waals surface area contributed by atoms with Gasteiger partial charge < -0.3 is 24.1 Å². The van der Waals surface area contributed by atoms with Gasteiger partial charge in [0, 0.05) is 10.0 Å². The van der Waals surface area contributed by atoms with Crippen molar-refractivity contribution in [3.8, 4) is 11.5 Å². The van der Waals surface area contributed by atoms with Crippen molar-refractivity contribution in [2.24, 2.45) is 0 Å². The molecular formula is C27H23BrN2O10. The van der Waals surface area contributed by atoms with Crippen LogP contribution in [0.2, 0.25) is 0 Å². The van der Waals surface area contributed by atoms with Gasteiger partial charge in [-0.2, -0.15) is 0 Å². The number of ether oxygens (including phenoxy) is 4. The molecule has 3 aromatic carbocycles. The molecule has 3 aromatic rings. The quantitative estimate of drug-likeness (QED) is 0.228. The summed E-state index contributed by atoms with van der Waals surface area (Å²) in [6.45, 7) is 0. The van der Waals surface area contributed by atoms with Crippen LogP contribution in [0.5, 0.6) is 11.5 Å². The van der Waals surface area contributed by atoms with Gasteiger partial charge in [-0.3, -0.25) is 20.4 Å². The van der Waals surface area contributed by atoms with E-state index in [-0.39, 0.29) is 28.2 Å². The number of benzene rings is 3. The van der Waals surface area contributed by atoms with Crippen LogP contribution in [-0.2, 0) is 19.1 Å². The molecule has 0 aromatic heterocycles. The molecule has 0 aliphatic heterocycles. The van der Waals surface area contributed by atoms with Crippen molar-refractivity contribution < 1.29 is 48.0 Å². The van der Waals surface area contributed by atoms with E-state index in [4.69, 9.17) is 18.9 Å². The number of aliphatic carboxylic acids is 1. The number of halogens is 1. The number of esters is 2. The van der Waals surface area contributed by atoms with Crippen molar-refractivity contribution in [2.75, 3.05) is 14.2 Å². The van der Waals surface area contributed by atoms with Crippen LogP contribution in [0.15, 0.2) is 77.3 Å². The van der Waals surface area contributed by atoms with Gasteiger partial charge in [0.05, 0.1) is 25.3 Å². The number of methoxy groups -OCH3 is 2. The molecule has 3 N–H and O–H groups in total. The van der Waals surface area contributed by atoms with E-state index in [0.717, 1.165) is 0 Å². The molecule has 208 valence electrons. The average Bonchev–Trinajstić information content (AvgIpc) is 2.97. The first-order chi connectivity index (χ1) is 19.1. The van der Waals surface area contributed by atoms with Crippen LogP contribution >= 0.6 is 15.9 Å². The van der Waals surface area contributed by atoms with E-state index < -0.39 is 41.9 Å². The Kier molecular flexibility index (Phi) is 10.2. The minimum Gasteiger partial charge on any atom is -0.497 e. The highest BCUT2D eigenvalue weighted by atomic mass is 79.9. The fraction of sp³-hybridized carbons (Fsp3) is 0.148. The number of nitrogens with one attached hydrogen (secondary N) is 2. The van der Waals surface area contributed by atoms with Crippen LogP contribution in [0.3, 0.4) is 0 Å². The third-order valence-electron chi connectivity index (χ3n) is 5.26. The number of rotatable bonds is 10. The van der Waals surface area contributed by atoms with Gasteiger partial charge in [-0.1, -0.05) is 28.1 Å². The van der Waals surface area contributed by atoms with E-state index >= 15 is 0 Å². The zero-order valence-corrected chi connectivity index (χ0v) is 22.7. The van der Waals surface area contributed by atoms with Crippen molar-refractivity contribution in [3.63, 3.8) is 0 Å². The number of carbonyl (C=O) groups is 5. The number of hydrogen-bond donors (Lipinski definition) is 3. The molecule has 2 amide bonds. The predicted octanol–water partition coefficient (Wildman–Crippen LogP) is 2.76. The molecule has 3 rings (SSSR count). The SMILES string of the molecule is COc1cccc(C(=O)O[C@@H](C(=O)O)[C@@H](OC(=O)c2cccc(OC)c2)C(=O)NNC(=O)c2ccc(Br)cc2)c1. The largest absolute Gasteiger partial charge is 0.497 e. The number of carbonyl (C=O) groups excluding carboxylic acids is 4. The average molecular weight is 615 g/mol. The molecule has 0 saturated carbocycles. The van der Waals surface area contributed by atoms with E-state index in [1.165, 1.54) is 62.8 Å². The summed E-state index contributed by atoms with van der Waals surface area (Å²) < 4.78 is 21.1. The lowest BCUT2D eigenvalue weighted by Gasteiger charge is -2.23. The van der Waals surface area contributed by atoms with E-state index in [9.17, 15) is 29.1 Å². The lowest BCUT2D eigenvalue weighted by Crippen LogP contribution is -2.54.